The topological polar surface area (TPSA) is 47.6 Å². The minimum atomic E-state index is -4.51. The van der Waals surface area contributed by atoms with Gasteiger partial charge in [-0.1, -0.05) is 23.7 Å². The summed E-state index contributed by atoms with van der Waals surface area (Å²) in [4.78, 5) is 12.2. The first-order chi connectivity index (χ1) is 13.3. The van der Waals surface area contributed by atoms with Crippen molar-refractivity contribution < 1.29 is 27.4 Å². The predicted molar refractivity (Wildman–Crippen MR) is 102 cm³/mol. The van der Waals surface area contributed by atoms with Gasteiger partial charge in [0.15, 0.2) is 0 Å². The third kappa shape index (κ3) is 7.05. The standard InChI is InChI=1S/C20H21ClF3NO3/c1-27-11-12-28-18-10-7-15(20(22,23)24)13-17(18)25-19(26)4-2-3-14-5-8-16(21)9-6-14/h5-10,13H,2-4,11-12H2,1H3,(H,25,26). The van der Waals surface area contributed by atoms with E-state index in [1.165, 1.54) is 13.2 Å². The molecule has 0 aliphatic carbocycles. The summed E-state index contributed by atoms with van der Waals surface area (Å²) in [5.74, 6) is -0.221. The molecule has 1 amide bonds. The number of nitrogens with one attached hydrogen (secondary N) is 1. The maximum absolute atomic E-state index is 13.0. The van der Waals surface area contributed by atoms with Gasteiger partial charge in [-0.15, -0.1) is 0 Å². The number of carbonyl (C=O) groups is 1. The number of benzene rings is 2. The highest BCUT2D eigenvalue weighted by molar-refractivity contribution is 6.30. The molecule has 0 aliphatic rings. The van der Waals surface area contributed by atoms with E-state index in [1.807, 2.05) is 12.1 Å². The molecule has 2 rings (SSSR count). The number of amides is 1. The lowest BCUT2D eigenvalue weighted by molar-refractivity contribution is -0.137. The summed E-state index contributed by atoms with van der Waals surface area (Å²) in [6.45, 7) is 0.427. The Hall–Kier alpha value is -2.25. The maximum Gasteiger partial charge on any atom is 0.416 e. The maximum atomic E-state index is 13.0. The molecule has 2 aromatic rings. The van der Waals surface area contributed by atoms with Gasteiger partial charge in [0, 0.05) is 18.6 Å². The second-order valence-electron chi connectivity index (χ2n) is 6.08. The zero-order chi connectivity index (χ0) is 20.6. The van der Waals surface area contributed by atoms with Crippen molar-refractivity contribution in [2.45, 2.75) is 25.4 Å². The van der Waals surface area contributed by atoms with Crippen molar-refractivity contribution in [3.05, 3.63) is 58.6 Å². The van der Waals surface area contributed by atoms with Crippen LogP contribution in [0.3, 0.4) is 0 Å². The van der Waals surface area contributed by atoms with Crippen LogP contribution >= 0.6 is 11.6 Å². The number of carbonyl (C=O) groups excluding carboxylic acids is 1. The molecule has 4 nitrogen and oxygen atoms in total. The number of rotatable bonds is 9. The number of anilines is 1. The Bertz CT molecular complexity index is 779. The van der Waals surface area contributed by atoms with E-state index in [4.69, 9.17) is 21.1 Å². The molecular formula is C20H21ClF3NO3. The van der Waals surface area contributed by atoms with E-state index in [1.54, 1.807) is 12.1 Å². The Morgan fingerprint density at radius 3 is 2.46 bits per heavy atom. The van der Waals surface area contributed by atoms with Gasteiger partial charge in [0.1, 0.15) is 12.4 Å². The Morgan fingerprint density at radius 1 is 1.11 bits per heavy atom. The van der Waals surface area contributed by atoms with Crippen LogP contribution in [0.5, 0.6) is 5.75 Å². The summed E-state index contributed by atoms with van der Waals surface area (Å²) >= 11 is 5.83. The van der Waals surface area contributed by atoms with E-state index in [2.05, 4.69) is 5.32 Å². The first-order valence-electron chi connectivity index (χ1n) is 8.67. The molecule has 0 aromatic heterocycles. The predicted octanol–water partition coefficient (Wildman–Crippen LogP) is 5.35. The molecular weight excluding hydrogens is 395 g/mol. The molecule has 1 N–H and O–H groups in total. The van der Waals surface area contributed by atoms with Crippen molar-refractivity contribution in [3.8, 4) is 5.75 Å². The molecule has 0 atom stereocenters. The van der Waals surface area contributed by atoms with Gasteiger partial charge in [-0.2, -0.15) is 13.2 Å². The van der Waals surface area contributed by atoms with Crippen LogP contribution in [-0.4, -0.2) is 26.2 Å². The van der Waals surface area contributed by atoms with E-state index in [-0.39, 0.29) is 37.0 Å². The van der Waals surface area contributed by atoms with Gasteiger partial charge in [-0.3, -0.25) is 4.79 Å². The average Bonchev–Trinajstić information content (AvgIpc) is 2.64. The lowest BCUT2D eigenvalue weighted by Gasteiger charge is -2.15. The van der Waals surface area contributed by atoms with Crippen molar-refractivity contribution in [2.75, 3.05) is 25.6 Å². The van der Waals surface area contributed by atoms with Gasteiger partial charge in [-0.05, 0) is 48.7 Å². The lowest BCUT2D eigenvalue weighted by Crippen LogP contribution is -2.15. The highest BCUT2D eigenvalue weighted by Gasteiger charge is 2.31. The second-order valence-corrected chi connectivity index (χ2v) is 6.51. The van der Waals surface area contributed by atoms with Crippen molar-refractivity contribution in [1.29, 1.82) is 0 Å². The highest BCUT2D eigenvalue weighted by Crippen LogP contribution is 2.35. The van der Waals surface area contributed by atoms with E-state index >= 15 is 0 Å². The molecule has 0 heterocycles. The van der Waals surface area contributed by atoms with Crippen LogP contribution in [0.1, 0.15) is 24.0 Å². The fourth-order valence-corrected chi connectivity index (χ4v) is 2.61. The zero-order valence-corrected chi connectivity index (χ0v) is 16.1. The third-order valence-corrected chi connectivity index (χ3v) is 4.16. The second kappa shape index (κ2) is 10.3. The fraction of sp³-hybridized carbons (Fsp3) is 0.350. The number of methoxy groups -OCH3 is 1. The van der Waals surface area contributed by atoms with Gasteiger partial charge in [-0.25, -0.2) is 0 Å². The number of aryl methyl sites for hydroxylation is 1. The van der Waals surface area contributed by atoms with Crippen LogP contribution in [0.4, 0.5) is 18.9 Å². The monoisotopic (exact) mass is 415 g/mol. The quantitative estimate of drug-likeness (QED) is 0.562. The Balaban J connectivity index is 2.00. The van der Waals surface area contributed by atoms with Crippen molar-refractivity contribution in [2.24, 2.45) is 0 Å². The molecule has 0 spiro atoms. The first-order valence-corrected chi connectivity index (χ1v) is 9.04. The van der Waals surface area contributed by atoms with Crippen molar-refractivity contribution >= 4 is 23.2 Å². The van der Waals surface area contributed by atoms with Crippen molar-refractivity contribution in [3.63, 3.8) is 0 Å². The SMILES string of the molecule is COCCOc1ccc(C(F)(F)F)cc1NC(=O)CCCc1ccc(Cl)cc1. The van der Waals surface area contributed by atoms with E-state index in [0.29, 0.717) is 17.9 Å². The summed E-state index contributed by atoms with van der Waals surface area (Å²) < 4.78 is 49.2. The summed E-state index contributed by atoms with van der Waals surface area (Å²) in [6.07, 6.45) is -3.15. The highest BCUT2D eigenvalue weighted by atomic mass is 35.5. The molecule has 8 heteroatoms. The molecule has 0 fully saturated rings. The van der Waals surface area contributed by atoms with E-state index in [9.17, 15) is 18.0 Å². The zero-order valence-electron chi connectivity index (χ0n) is 15.3. The molecule has 0 radical (unpaired) electrons. The van der Waals surface area contributed by atoms with Crippen LogP contribution in [0.2, 0.25) is 5.02 Å². The summed E-state index contributed by atoms with van der Waals surface area (Å²) in [6, 6.07) is 10.3. The van der Waals surface area contributed by atoms with Crippen LogP contribution < -0.4 is 10.1 Å². The molecule has 2 aromatic carbocycles. The normalized spacial score (nSPS) is 11.3. The van der Waals surface area contributed by atoms with E-state index in [0.717, 1.165) is 17.7 Å². The molecule has 0 aliphatic heterocycles. The summed E-state index contributed by atoms with van der Waals surface area (Å²) in [7, 11) is 1.49. The van der Waals surface area contributed by atoms with Gasteiger partial charge >= 0.3 is 6.18 Å². The molecule has 0 unspecified atom stereocenters. The summed E-state index contributed by atoms with van der Waals surface area (Å²) in [5, 5.41) is 3.15. The number of hydrogen-bond donors (Lipinski definition) is 1. The van der Waals surface area contributed by atoms with Crippen LogP contribution in [0.25, 0.3) is 0 Å². The summed E-state index contributed by atoms with van der Waals surface area (Å²) in [5.41, 5.74) is 0.158. The van der Waals surface area contributed by atoms with Crippen LogP contribution in [0.15, 0.2) is 42.5 Å². The number of ether oxygens (including phenoxy) is 2. The molecule has 0 saturated carbocycles. The van der Waals surface area contributed by atoms with Gasteiger partial charge < -0.3 is 14.8 Å². The fourth-order valence-electron chi connectivity index (χ4n) is 2.48. The Kier molecular flexibility index (Phi) is 8.14. The minimum absolute atomic E-state index is 0.0116. The number of alkyl halides is 3. The third-order valence-electron chi connectivity index (χ3n) is 3.91. The van der Waals surface area contributed by atoms with Gasteiger partial charge in [0.2, 0.25) is 5.91 Å². The smallest absolute Gasteiger partial charge is 0.416 e. The van der Waals surface area contributed by atoms with Gasteiger partial charge in [0.05, 0.1) is 17.9 Å². The number of hydrogen-bond acceptors (Lipinski definition) is 3. The number of halogens is 4. The van der Waals surface area contributed by atoms with E-state index < -0.39 is 11.7 Å². The molecule has 0 bridgehead atoms. The average molecular weight is 416 g/mol. The largest absolute Gasteiger partial charge is 0.489 e. The lowest BCUT2D eigenvalue weighted by atomic mass is 10.1. The minimum Gasteiger partial charge on any atom is -0.489 e. The van der Waals surface area contributed by atoms with Crippen LogP contribution in [0, 0.1) is 0 Å². The first kappa shape index (κ1) is 22.0. The Morgan fingerprint density at radius 2 is 1.82 bits per heavy atom. The van der Waals surface area contributed by atoms with Gasteiger partial charge in [0.25, 0.3) is 0 Å². The van der Waals surface area contributed by atoms with Crippen LogP contribution in [-0.2, 0) is 22.1 Å². The molecule has 152 valence electrons. The van der Waals surface area contributed by atoms with Crippen molar-refractivity contribution in [1.82, 2.24) is 0 Å². The molecule has 28 heavy (non-hydrogen) atoms. The Labute approximate surface area is 166 Å². The molecule has 0 saturated heterocycles.